The van der Waals surface area contributed by atoms with Gasteiger partial charge in [0, 0.05) is 58.5 Å². The molecule has 6 heteroatoms. The third kappa shape index (κ3) is 4.42. The summed E-state index contributed by atoms with van der Waals surface area (Å²) >= 11 is 1.89. The summed E-state index contributed by atoms with van der Waals surface area (Å²) in [6.45, 7) is 0. The van der Waals surface area contributed by atoms with Gasteiger partial charge >= 0.3 is 0 Å². The van der Waals surface area contributed by atoms with Crippen LogP contribution in [0.3, 0.4) is 0 Å². The molecule has 0 spiro atoms. The van der Waals surface area contributed by atoms with Crippen molar-refractivity contribution in [2.24, 2.45) is 0 Å². The SMILES string of the molecule is c1ccc(-c2nnc(-c3cccc4c5ccccc5n(-c5ccccc5-n5c6ccccc6c6c7sc8ccccc8c7ccc65)c34)n2-c2ccccc2)cc1. The van der Waals surface area contributed by atoms with E-state index in [0.29, 0.717) is 0 Å². The van der Waals surface area contributed by atoms with Gasteiger partial charge in [0.25, 0.3) is 0 Å². The second-order valence-electron chi connectivity index (χ2n) is 14.2. The molecule has 0 radical (unpaired) electrons. The number of benzene rings is 8. The van der Waals surface area contributed by atoms with Gasteiger partial charge in [-0.1, -0.05) is 133 Å². The molecule has 12 rings (SSSR count). The molecule has 0 N–H and O–H groups in total. The summed E-state index contributed by atoms with van der Waals surface area (Å²) < 4.78 is 9.74. The van der Waals surface area contributed by atoms with Crippen LogP contribution >= 0.6 is 11.3 Å². The highest BCUT2D eigenvalue weighted by Crippen LogP contribution is 2.45. The summed E-state index contributed by atoms with van der Waals surface area (Å²) in [6.07, 6.45) is 0. The Morgan fingerprint density at radius 3 is 1.79 bits per heavy atom. The van der Waals surface area contributed by atoms with Gasteiger partial charge < -0.3 is 9.13 Å². The molecule has 262 valence electrons. The van der Waals surface area contributed by atoms with Crippen LogP contribution in [0.2, 0.25) is 0 Å². The highest BCUT2D eigenvalue weighted by Gasteiger charge is 2.25. The molecule has 0 aliphatic rings. The molecule has 12 aromatic rings. The van der Waals surface area contributed by atoms with Gasteiger partial charge in [0.15, 0.2) is 11.6 Å². The van der Waals surface area contributed by atoms with Crippen molar-refractivity contribution in [1.29, 1.82) is 0 Å². The van der Waals surface area contributed by atoms with Crippen molar-refractivity contribution in [2.75, 3.05) is 0 Å². The van der Waals surface area contributed by atoms with Crippen molar-refractivity contribution < 1.29 is 0 Å². The first-order chi connectivity index (χ1) is 27.8. The number of hydrogen-bond acceptors (Lipinski definition) is 3. The van der Waals surface area contributed by atoms with Gasteiger partial charge in [0.1, 0.15) is 0 Å². The second-order valence-corrected chi connectivity index (χ2v) is 15.3. The topological polar surface area (TPSA) is 40.6 Å². The zero-order valence-electron chi connectivity index (χ0n) is 30.0. The molecule has 0 amide bonds. The highest BCUT2D eigenvalue weighted by molar-refractivity contribution is 7.26. The molecule has 0 bridgehead atoms. The summed E-state index contributed by atoms with van der Waals surface area (Å²) in [5.41, 5.74) is 9.78. The molecule has 0 aliphatic heterocycles. The first kappa shape index (κ1) is 31.1. The number of hydrogen-bond donors (Lipinski definition) is 0. The monoisotopic (exact) mass is 733 g/mol. The molecule has 4 heterocycles. The van der Waals surface area contributed by atoms with Crippen LogP contribution in [0.5, 0.6) is 0 Å². The lowest BCUT2D eigenvalue weighted by Crippen LogP contribution is -2.05. The number of rotatable bonds is 5. The number of thiophene rings is 1. The molecular formula is C50H31N5S. The van der Waals surface area contributed by atoms with E-state index in [2.05, 4.69) is 190 Å². The fourth-order valence-electron chi connectivity index (χ4n) is 8.84. The van der Waals surface area contributed by atoms with E-state index in [0.717, 1.165) is 56.3 Å². The Balaban J connectivity index is 1.19. The summed E-state index contributed by atoms with van der Waals surface area (Å²) in [4.78, 5) is 0. The average Bonchev–Trinajstić information content (AvgIpc) is 4.04. The second kappa shape index (κ2) is 12.1. The van der Waals surface area contributed by atoms with Gasteiger partial charge in [0.05, 0.1) is 33.4 Å². The quantitative estimate of drug-likeness (QED) is 0.177. The van der Waals surface area contributed by atoms with Crippen LogP contribution in [-0.4, -0.2) is 23.9 Å². The summed E-state index contributed by atoms with van der Waals surface area (Å²) in [5.74, 6) is 1.58. The molecule has 0 aliphatic carbocycles. The molecule has 0 atom stereocenters. The third-order valence-corrected chi connectivity index (χ3v) is 12.4. The molecule has 0 unspecified atom stereocenters. The van der Waals surface area contributed by atoms with Crippen LogP contribution in [0, 0.1) is 0 Å². The van der Waals surface area contributed by atoms with Gasteiger partial charge in [-0.15, -0.1) is 21.5 Å². The maximum Gasteiger partial charge on any atom is 0.171 e. The largest absolute Gasteiger partial charge is 0.307 e. The highest BCUT2D eigenvalue weighted by atomic mass is 32.1. The van der Waals surface area contributed by atoms with E-state index in [1.807, 2.05) is 23.5 Å². The molecular weight excluding hydrogens is 703 g/mol. The lowest BCUT2D eigenvalue weighted by Gasteiger charge is -2.18. The van der Waals surface area contributed by atoms with E-state index in [4.69, 9.17) is 10.2 Å². The standard InChI is InChI=1S/C50H31N5S/c1-3-16-32(17-4-1)49-51-52-50(53(49)33-18-5-2-6-19-33)39-24-15-23-36-34-20-7-10-25-40(34)55(47(36)39)43-28-13-12-27-42(43)54-41-26-11-8-22-38(41)46-44(54)31-30-37-35-21-9-14-29-45(35)56-48(37)46/h1-31H. The fraction of sp³-hybridized carbons (Fsp3) is 0. The molecule has 0 saturated carbocycles. The Labute approximate surface area is 325 Å². The number of nitrogens with zero attached hydrogens (tertiary/aromatic N) is 5. The van der Waals surface area contributed by atoms with Gasteiger partial charge in [-0.25, -0.2) is 0 Å². The fourth-order valence-corrected chi connectivity index (χ4v) is 10.1. The van der Waals surface area contributed by atoms with Gasteiger partial charge in [-0.05, 0) is 54.6 Å². The van der Waals surface area contributed by atoms with E-state index >= 15 is 0 Å². The minimum Gasteiger partial charge on any atom is -0.307 e. The van der Waals surface area contributed by atoms with Crippen LogP contribution < -0.4 is 0 Å². The van der Waals surface area contributed by atoms with E-state index < -0.39 is 0 Å². The zero-order valence-corrected chi connectivity index (χ0v) is 30.9. The van der Waals surface area contributed by atoms with Crippen molar-refractivity contribution in [3.63, 3.8) is 0 Å². The minimum atomic E-state index is 0.784. The van der Waals surface area contributed by atoms with E-state index in [-0.39, 0.29) is 0 Å². The van der Waals surface area contributed by atoms with Crippen molar-refractivity contribution in [2.45, 2.75) is 0 Å². The van der Waals surface area contributed by atoms with E-state index in [9.17, 15) is 0 Å². The maximum atomic E-state index is 4.99. The first-order valence-corrected chi connectivity index (χ1v) is 19.7. The van der Waals surface area contributed by atoms with E-state index in [1.165, 1.54) is 47.4 Å². The third-order valence-electron chi connectivity index (χ3n) is 11.2. The first-order valence-electron chi connectivity index (χ1n) is 18.9. The number of para-hydroxylation sites is 6. The molecule has 56 heavy (non-hydrogen) atoms. The van der Waals surface area contributed by atoms with Crippen molar-refractivity contribution >= 4 is 75.1 Å². The maximum absolute atomic E-state index is 4.99. The summed E-state index contributed by atoms with van der Waals surface area (Å²) in [7, 11) is 0. The molecule has 4 aromatic heterocycles. The molecule has 0 saturated heterocycles. The van der Waals surface area contributed by atoms with Crippen molar-refractivity contribution in [1.82, 2.24) is 23.9 Å². The van der Waals surface area contributed by atoms with Crippen molar-refractivity contribution in [3.05, 3.63) is 188 Å². The van der Waals surface area contributed by atoms with Crippen molar-refractivity contribution in [3.8, 4) is 39.8 Å². The Hall–Kier alpha value is -7.28. The normalized spacial score (nSPS) is 11.9. The van der Waals surface area contributed by atoms with Gasteiger partial charge in [-0.2, -0.15) is 0 Å². The van der Waals surface area contributed by atoms with Crippen LogP contribution in [0.25, 0.3) is 104 Å². The Morgan fingerprint density at radius 2 is 0.982 bits per heavy atom. The number of fused-ring (bicyclic) bond motifs is 10. The zero-order chi connectivity index (χ0) is 36.7. The molecule has 8 aromatic carbocycles. The lowest BCUT2D eigenvalue weighted by atomic mass is 10.1. The smallest absolute Gasteiger partial charge is 0.171 e. The Bertz CT molecular complexity index is 3480. The Kier molecular flexibility index (Phi) is 6.73. The lowest BCUT2D eigenvalue weighted by molar-refractivity contribution is 1.07. The van der Waals surface area contributed by atoms with Crippen LogP contribution in [-0.2, 0) is 0 Å². The summed E-state index contributed by atoms with van der Waals surface area (Å²) in [6, 6.07) is 67.2. The van der Waals surface area contributed by atoms with Gasteiger partial charge in [-0.3, -0.25) is 4.57 Å². The minimum absolute atomic E-state index is 0.784. The molecule has 5 nitrogen and oxygen atoms in total. The Morgan fingerprint density at radius 1 is 0.375 bits per heavy atom. The van der Waals surface area contributed by atoms with E-state index in [1.54, 1.807) is 0 Å². The van der Waals surface area contributed by atoms with Crippen LogP contribution in [0.1, 0.15) is 0 Å². The predicted octanol–water partition coefficient (Wildman–Crippen LogP) is 13.2. The predicted molar refractivity (Wildman–Crippen MR) is 234 cm³/mol. The molecule has 0 fully saturated rings. The van der Waals surface area contributed by atoms with Gasteiger partial charge in [0.2, 0.25) is 0 Å². The average molecular weight is 734 g/mol. The van der Waals surface area contributed by atoms with Crippen LogP contribution in [0.15, 0.2) is 188 Å². The number of aromatic nitrogens is 5. The van der Waals surface area contributed by atoms with Crippen LogP contribution in [0.4, 0.5) is 0 Å². The summed E-state index contributed by atoms with van der Waals surface area (Å²) in [5, 5.41) is 17.4.